The van der Waals surface area contributed by atoms with Crippen LogP contribution < -0.4 is 0 Å². The van der Waals surface area contributed by atoms with Crippen molar-refractivity contribution in [2.45, 2.75) is 38.5 Å². The fourth-order valence-electron chi connectivity index (χ4n) is 0.765. The first-order valence-electron chi connectivity index (χ1n) is 3.56. The van der Waals surface area contributed by atoms with Gasteiger partial charge in [-0.25, -0.2) is 0 Å². The van der Waals surface area contributed by atoms with Gasteiger partial charge in [-0.1, -0.05) is 0 Å². The smallest absolute Gasteiger partial charge is 0.453 e. The van der Waals surface area contributed by atoms with Gasteiger partial charge in [-0.2, -0.15) is 22.0 Å². The third-order valence-electron chi connectivity index (χ3n) is 1.51. The quantitative estimate of drug-likeness (QED) is 0.528. The normalized spacial score (nSPS) is 14.0. The molecule has 0 saturated heterocycles. The van der Waals surface area contributed by atoms with Gasteiger partial charge in [0.15, 0.2) is 5.60 Å². The van der Waals surface area contributed by atoms with Crippen LogP contribution in [0.15, 0.2) is 0 Å². The number of ether oxygens (including phenoxy) is 1. The molecule has 0 aliphatic rings. The van der Waals surface area contributed by atoms with E-state index in [-0.39, 0.29) is 0 Å². The van der Waals surface area contributed by atoms with Gasteiger partial charge < -0.3 is 4.74 Å². The van der Waals surface area contributed by atoms with Gasteiger partial charge in [0.05, 0.1) is 0 Å². The van der Waals surface area contributed by atoms with Crippen LogP contribution in [0.1, 0.15) is 20.8 Å². The van der Waals surface area contributed by atoms with E-state index < -0.39 is 23.7 Å². The van der Waals surface area contributed by atoms with Crippen LogP contribution in [0.5, 0.6) is 0 Å². The van der Waals surface area contributed by atoms with E-state index in [0.29, 0.717) is 13.8 Å². The van der Waals surface area contributed by atoms with E-state index in [0.717, 1.165) is 6.92 Å². The lowest BCUT2D eigenvalue weighted by molar-refractivity contribution is -0.335. The van der Waals surface area contributed by atoms with Gasteiger partial charge in [0.25, 0.3) is 0 Å². The molecule has 7 heteroatoms. The average Bonchev–Trinajstić information content (AvgIpc) is 1.80. The van der Waals surface area contributed by atoms with E-state index in [1.807, 2.05) is 0 Å². The van der Waals surface area contributed by atoms with Crippen molar-refractivity contribution in [2.75, 3.05) is 0 Å². The van der Waals surface area contributed by atoms with Crippen molar-refractivity contribution in [3.63, 3.8) is 0 Å². The summed E-state index contributed by atoms with van der Waals surface area (Å²) in [5.74, 6) is -6.27. The van der Waals surface area contributed by atoms with Crippen LogP contribution in [0, 0.1) is 0 Å². The summed E-state index contributed by atoms with van der Waals surface area (Å²) in [5, 5.41) is 0. The molecule has 0 rings (SSSR count). The lowest BCUT2D eigenvalue weighted by atomic mass is 10.00. The van der Waals surface area contributed by atoms with Crippen LogP contribution in [0.25, 0.3) is 0 Å². The molecule has 0 aromatic carbocycles. The molecule has 0 aliphatic heterocycles. The Balaban J connectivity index is 4.97. The first-order chi connectivity index (χ1) is 5.92. The Morgan fingerprint density at radius 1 is 1.07 bits per heavy atom. The number of alkyl halides is 5. The van der Waals surface area contributed by atoms with Crippen LogP contribution in [0.2, 0.25) is 0 Å². The topological polar surface area (TPSA) is 26.3 Å². The van der Waals surface area contributed by atoms with Gasteiger partial charge in [0.1, 0.15) is 0 Å². The molecule has 0 bridgehead atoms. The molecule has 2 nitrogen and oxygen atoms in total. The van der Waals surface area contributed by atoms with Crippen LogP contribution in [0.4, 0.5) is 22.0 Å². The Labute approximate surface area is 77.0 Å². The van der Waals surface area contributed by atoms with Gasteiger partial charge in [-0.3, -0.25) is 4.79 Å². The summed E-state index contributed by atoms with van der Waals surface area (Å²) in [6, 6.07) is 0. The largest absolute Gasteiger partial charge is 0.457 e. The van der Waals surface area contributed by atoms with Gasteiger partial charge >= 0.3 is 18.1 Å². The zero-order valence-corrected chi connectivity index (χ0v) is 7.71. The zero-order valence-electron chi connectivity index (χ0n) is 7.71. The van der Waals surface area contributed by atoms with Crippen molar-refractivity contribution in [1.82, 2.24) is 0 Å². The SMILES string of the molecule is CC(=O)OC(C)(C)C(F)(F)C(F)(F)F. The van der Waals surface area contributed by atoms with Crippen LogP contribution in [0.3, 0.4) is 0 Å². The summed E-state index contributed by atoms with van der Waals surface area (Å²) in [4.78, 5) is 10.3. The molecular weight excluding hydrogens is 211 g/mol. The molecule has 0 aromatic rings. The maximum Gasteiger partial charge on any atom is 0.457 e. The average molecular weight is 220 g/mol. The molecule has 0 aromatic heterocycles. The second-order valence-corrected chi connectivity index (χ2v) is 3.18. The van der Waals surface area contributed by atoms with Gasteiger partial charge in [0.2, 0.25) is 0 Å². The van der Waals surface area contributed by atoms with E-state index >= 15 is 0 Å². The molecule has 14 heavy (non-hydrogen) atoms. The highest BCUT2D eigenvalue weighted by Gasteiger charge is 2.68. The molecular formula is C7H9F5O2. The Bertz CT molecular complexity index is 231. The number of carbonyl (C=O) groups is 1. The standard InChI is InChI=1S/C7H9F5O2/c1-4(13)14-5(2,3)6(8,9)7(10,11)12/h1-3H3. The predicted molar refractivity (Wildman–Crippen MR) is 36.8 cm³/mol. The van der Waals surface area contributed by atoms with Crippen molar-refractivity contribution < 1.29 is 31.5 Å². The third kappa shape index (κ3) is 2.33. The summed E-state index contributed by atoms with van der Waals surface area (Å²) in [6.45, 7) is 1.76. The Kier molecular flexibility index (Phi) is 3.15. The zero-order chi connectivity index (χ0) is 11.8. The van der Waals surface area contributed by atoms with Crippen LogP contribution in [-0.4, -0.2) is 23.7 Å². The summed E-state index contributed by atoms with van der Waals surface area (Å²) in [7, 11) is 0. The van der Waals surface area contributed by atoms with Crippen molar-refractivity contribution in [3.8, 4) is 0 Å². The molecule has 0 aliphatic carbocycles. The molecule has 0 heterocycles. The van der Waals surface area contributed by atoms with Gasteiger partial charge in [-0.15, -0.1) is 0 Å². The number of esters is 1. The Hall–Kier alpha value is -0.880. The number of hydrogen-bond acceptors (Lipinski definition) is 2. The lowest BCUT2D eigenvalue weighted by Crippen LogP contribution is -2.55. The molecule has 0 atom stereocenters. The molecule has 0 unspecified atom stereocenters. The molecule has 0 N–H and O–H groups in total. The van der Waals surface area contributed by atoms with Crippen molar-refractivity contribution in [3.05, 3.63) is 0 Å². The maximum absolute atomic E-state index is 12.7. The van der Waals surface area contributed by atoms with E-state index in [4.69, 9.17) is 0 Å². The monoisotopic (exact) mass is 220 g/mol. The van der Waals surface area contributed by atoms with Gasteiger partial charge in [-0.05, 0) is 13.8 Å². The molecule has 0 saturated carbocycles. The maximum atomic E-state index is 12.7. The molecule has 0 radical (unpaired) electrons. The van der Waals surface area contributed by atoms with Crippen molar-refractivity contribution in [1.29, 1.82) is 0 Å². The van der Waals surface area contributed by atoms with E-state index in [9.17, 15) is 26.7 Å². The summed E-state index contributed by atoms with van der Waals surface area (Å²) in [5.41, 5.74) is -2.91. The highest BCUT2D eigenvalue weighted by molar-refractivity contribution is 5.66. The highest BCUT2D eigenvalue weighted by Crippen LogP contribution is 2.44. The fraction of sp³-hybridized carbons (Fsp3) is 0.857. The Morgan fingerprint density at radius 2 is 1.43 bits per heavy atom. The minimum atomic E-state index is -5.74. The highest BCUT2D eigenvalue weighted by atomic mass is 19.4. The predicted octanol–water partition coefficient (Wildman–Crippen LogP) is 2.53. The number of rotatable bonds is 2. The van der Waals surface area contributed by atoms with Crippen LogP contribution in [-0.2, 0) is 9.53 Å². The first-order valence-corrected chi connectivity index (χ1v) is 3.56. The van der Waals surface area contributed by atoms with E-state index in [1.165, 1.54) is 0 Å². The number of carbonyl (C=O) groups excluding carboxylic acids is 1. The number of hydrogen-bond donors (Lipinski definition) is 0. The van der Waals surface area contributed by atoms with E-state index in [2.05, 4.69) is 4.74 Å². The summed E-state index contributed by atoms with van der Waals surface area (Å²) >= 11 is 0. The van der Waals surface area contributed by atoms with Crippen molar-refractivity contribution >= 4 is 5.97 Å². The minimum Gasteiger partial charge on any atom is -0.453 e. The second-order valence-electron chi connectivity index (χ2n) is 3.18. The molecule has 0 amide bonds. The van der Waals surface area contributed by atoms with Gasteiger partial charge in [0, 0.05) is 6.92 Å². The summed E-state index contributed by atoms with van der Waals surface area (Å²) < 4.78 is 64.8. The lowest BCUT2D eigenvalue weighted by Gasteiger charge is -2.34. The minimum absolute atomic E-state index is 0.502. The fourth-order valence-corrected chi connectivity index (χ4v) is 0.765. The summed E-state index contributed by atoms with van der Waals surface area (Å²) in [6.07, 6.45) is -5.74. The molecule has 0 spiro atoms. The van der Waals surface area contributed by atoms with Crippen LogP contribution >= 0.6 is 0 Å². The number of halogens is 5. The molecule has 84 valence electrons. The van der Waals surface area contributed by atoms with E-state index in [1.54, 1.807) is 0 Å². The third-order valence-corrected chi connectivity index (χ3v) is 1.51. The van der Waals surface area contributed by atoms with Crippen molar-refractivity contribution in [2.24, 2.45) is 0 Å². The molecule has 0 fully saturated rings. The Morgan fingerprint density at radius 3 is 1.64 bits per heavy atom. The first kappa shape index (κ1) is 13.1. The second kappa shape index (κ2) is 3.36.